The van der Waals surface area contributed by atoms with Gasteiger partial charge in [0.25, 0.3) is 0 Å². The number of nitrogens with one attached hydrogen (secondary N) is 1. The molecule has 1 aromatic rings. The van der Waals surface area contributed by atoms with Gasteiger partial charge >= 0.3 is 6.03 Å². The summed E-state index contributed by atoms with van der Waals surface area (Å²) in [6.07, 6.45) is 2.36. The molecular weight excluding hydrogens is 259 g/mol. The Labute approximate surface area is 118 Å². The number of aliphatic hydroxyl groups is 1. The molecule has 2 atom stereocenters. The monoisotopic (exact) mass is 280 g/mol. The van der Waals surface area contributed by atoms with Gasteiger partial charge in [0.1, 0.15) is 5.82 Å². The van der Waals surface area contributed by atoms with E-state index in [1.54, 1.807) is 11.0 Å². The fourth-order valence-electron chi connectivity index (χ4n) is 2.66. The first-order chi connectivity index (χ1) is 9.60. The van der Waals surface area contributed by atoms with Crippen molar-refractivity contribution in [2.24, 2.45) is 0 Å². The third kappa shape index (κ3) is 3.70. The van der Waals surface area contributed by atoms with Crippen LogP contribution in [0.4, 0.5) is 9.18 Å². The number of urea groups is 1. The molecule has 0 radical (unpaired) electrons. The van der Waals surface area contributed by atoms with E-state index in [1.807, 2.05) is 13.0 Å². The van der Waals surface area contributed by atoms with Crippen molar-refractivity contribution >= 4 is 6.03 Å². The molecule has 4 nitrogen and oxygen atoms in total. The second-order valence-electron chi connectivity index (χ2n) is 5.36. The molecule has 1 aliphatic rings. The molecule has 5 heteroatoms. The second kappa shape index (κ2) is 6.70. The maximum atomic E-state index is 13.1. The lowest BCUT2D eigenvalue weighted by Gasteiger charge is -2.25. The standard InChI is InChI=1S/C15H21FN2O2/c1-11(8-12-4-2-5-13(16)9-12)17-15(20)18-7-3-6-14(18)10-19/h2,4-5,9,11,14,19H,3,6-8,10H2,1H3,(H,17,20). The minimum atomic E-state index is -0.263. The molecule has 1 heterocycles. The van der Waals surface area contributed by atoms with Crippen molar-refractivity contribution in [3.05, 3.63) is 35.6 Å². The molecule has 2 rings (SSSR count). The van der Waals surface area contributed by atoms with E-state index in [2.05, 4.69) is 5.32 Å². The third-order valence-corrected chi connectivity index (χ3v) is 3.65. The molecule has 0 aromatic heterocycles. The van der Waals surface area contributed by atoms with Crippen LogP contribution in [0, 0.1) is 5.82 Å². The summed E-state index contributed by atoms with van der Waals surface area (Å²) in [7, 11) is 0. The molecule has 0 spiro atoms. The lowest BCUT2D eigenvalue weighted by molar-refractivity contribution is 0.155. The maximum Gasteiger partial charge on any atom is 0.317 e. The van der Waals surface area contributed by atoms with Gasteiger partial charge in [0, 0.05) is 12.6 Å². The number of carbonyl (C=O) groups is 1. The number of halogens is 1. The van der Waals surface area contributed by atoms with Crippen LogP contribution < -0.4 is 5.32 Å². The van der Waals surface area contributed by atoms with Crippen molar-refractivity contribution in [1.82, 2.24) is 10.2 Å². The first kappa shape index (κ1) is 14.8. The number of likely N-dealkylation sites (tertiary alicyclic amines) is 1. The van der Waals surface area contributed by atoms with Crippen LogP contribution in [-0.4, -0.2) is 41.3 Å². The van der Waals surface area contributed by atoms with Gasteiger partial charge in [-0.3, -0.25) is 0 Å². The molecule has 1 aliphatic heterocycles. The number of hydrogen-bond acceptors (Lipinski definition) is 2. The third-order valence-electron chi connectivity index (χ3n) is 3.65. The SMILES string of the molecule is CC(Cc1cccc(F)c1)NC(=O)N1CCCC1CO. The summed E-state index contributed by atoms with van der Waals surface area (Å²) in [5, 5.41) is 12.1. The normalized spacial score (nSPS) is 19.9. The Morgan fingerprint density at radius 1 is 1.60 bits per heavy atom. The van der Waals surface area contributed by atoms with E-state index < -0.39 is 0 Å². The number of nitrogens with zero attached hydrogens (tertiary/aromatic N) is 1. The summed E-state index contributed by atoms with van der Waals surface area (Å²) in [6.45, 7) is 2.59. The van der Waals surface area contributed by atoms with Gasteiger partial charge in [-0.1, -0.05) is 12.1 Å². The minimum Gasteiger partial charge on any atom is -0.394 e. The van der Waals surface area contributed by atoms with Crippen LogP contribution in [0.3, 0.4) is 0 Å². The first-order valence-corrected chi connectivity index (χ1v) is 7.02. The molecule has 1 fully saturated rings. The fourth-order valence-corrected chi connectivity index (χ4v) is 2.66. The van der Waals surface area contributed by atoms with E-state index in [9.17, 15) is 14.3 Å². The van der Waals surface area contributed by atoms with Gasteiger partial charge in [-0.2, -0.15) is 0 Å². The van der Waals surface area contributed by atoms with Crippen molar-refractivity contribution in [3.8, 4) is 0 Å². The van der Waals surface area contributed by atoms with E-state index in [0.29, 0.717) is 13.0 Å². The van der Waals surface area contributed by atoms with Crippen LogP contribution in [0.2, 0.25) is 0 Å². The molecule has 110 valence electrons. The summed E-state index contributed by atoms with van der Waals surface area (Å²) >= 11 is 0. The summed E-state index contributed by atoms with van der Waals surface area (Å²) in [6, 6.07) is 6.10. The molecule has 0 saturated carbocycles. The Morgan fingerprint density at radius 3 is 3.10 bits per heavy atom. The zero-order valence-corrected chi connectivity index (χ0v) is 11.7. The summed E-state index contributed by atoms with van der Waals surface area (Å²) in [5.74, 6) is -0.263. The average molecular weight is 280 g/mol. The van der Waals surface area contributed by atoms with E-state index in [-0.39, 0.29) is 30.5 Å². The zero-order chi connectivity index (χ0) is 14.5. The van der Waals surface area contributed by atoms with Crippen LogP contribution in [0.1, 0.15) is 25.3 Å². The molecule has 1 aromatic carbocycles. The van der Waals surface area contributed by atoms with Gasteiger partial charge in [0.2, 0.25) is 0 Å². The van der Waals surface area contributed by atoms with Crippen molar-refractivity contribution in [1.29, 1.82) is 0 Å². The molecule has 2 N–H and O–H groups in total. The first-order valence-electron chi connectivity index (χ1n) is 7.02. The predicted molar refractivity (Wildman–Crippen MR) is 74.9 cm³/mol. The Hall–Kier alpha value is -1.62. The van der Waals surface area contributed by atoms with Gasteiger partial charge in [-0.05, 0) is 43.9 Å². The average Bonchev–Trinajstić information content (AvgIpc) is 2.86. The highest BCUT2D eigenvalue weighted by Crippen LogP contribution is 2.16. The fraction of sp³-hybridized carbons (Fsp3) is 0.533. The van der Waals surface area contributed by atoms with Gasteiger partial charge in [0.15, 0.2) is 0 Å². The smallest absolute Gasteiger partial charge is 0.317 e. The summed E-state index contributed by atoms with van der Waals surface area (Å²) in [5.41, 5.74) is 0.859. The number of amides is 2. The van der Waals surface area contributed by atoms with Crippen molar-refractivity contribution in [2.45, 2.75) is 38.3 Å². The largest absolute Gasteiger partial charge is 0.394 e. The van der Waals surface area contributed by atoms with Crippen LogP contribution in [0.25, 0.3) is 0 Å². The molecule has 20 heavy (non-hydrogen) atoms. The van der Waals surface area contributed by atoms with Gasteiger partial charge in [-0.25, -0.2) is 9.18 Å². The maximum absolute atomic E-state index is 13.1. The van der Waals surface area contributed by atoms with E-state index in [1.165, 1.54) is 12.1 Å². The number of rotatable bonds is 4. The lowest BCUT2D eigenvalue weighted by Crippen LogP contribution is -2.47. The highest BCUT2D eigenvalue weighted by Gasteiger charge is 2.28. The Balaban J connectivity index is 1.88. The number of hydrogen-bond donors (Lipinski definition) is 2. The Bertz CT molecular complexity index is 467. The van der Waals surface area contributed by atoms with Gasteiger partial charge < -0.3 is 15.3 Å². The van der Waals surface area contributed by atoms with E-state index in [0.717, 1.165) is 18.4 Å². The lowest BCUT2D eigenvalue weighted by atomic mass is 10.1. The zero-order valence-electron chi connectivity index (χ0n) is 11.7. The second-order valence-corrected chi connectivity index (χ2v) is 5.36. The molecule has 1 saturated heterocycles. The highest BCUT2D eigenvalue weighted by atomic mass is 19.1. The van der Waals surface area contributed by atoms with Crippen molar-refractivity contribution < 1.29 is 14.3 Å². The van der Waals surface area contributed by atoms with Crippen molar-refractivity contribution in [3.63, 3.8) is 0 Å². The van der Waals surface area contributed by atoms with E-state index >= 15 is 0 Å². The number of aliphatic hydroxyl groups excluding tert-OH is 1. The number of carbonyl (C=O) groups excluding carboxylic acids is 1. The van der Waals surface area contributed by atoms with E-state index in [4.69, 9.17) is 0 Å². The molecule has 0 bridgehead atoms. The molecule has 2 amide bonds. The summed E-state index contributed by atoms with van der Waals surface area (Å²) < 4.78 is 13.1. The van der Waals surface area contributed by atoms with Crippen LogP contribution in [0.15, 0.2) is 24.3 Å². The predicted octanol–water partition coefficient (Wildman–Crippen LogP) is 1.92. The highest BCUT2D eigenvalue weighted by molar-refractivity contribution is 5.75. The minimum absolute atomic E-state index is 0.00565. The van der Waals surface area contributed by atoms with Gasteiger partial charge in [0.05, 0.1) is 12.6 Å². The van der Waals surface area contributed by atoms with Gasteiger partial charge in [-0.15, -0.1) is 0 Å². The molecule has 2 unspecified atom stereocenters. The Morgan fingerprint density at radius 2 is 2.40 bits per heavy atom. The molecular formula is C15H21FN2O2. The quantitative estimate of drug-likeness (QED) is 0.885. The molecule has 0 aliphatic carbocycles. The van der Waals surface area contributed by atoms with Crippen molar-refractivity contribution in [2.75, 3.05) is 13.2 Å². The summed E-state index contributed by atoms with van der Waals surface area (Å²) in [4.78, 5) is 13.8. The topological polar surface area (TPSA) is 52.6 Å². The van der Waals surface area contributed by atoms with Crippen LogP contribution in [0.5, 0.6) is 0 Å². The number of benzene rings is 1. The van der Waals surface area contributed by atoms with Crippen LogP contribution >= 0.6 is 0 Å². The van der Waals surface area contributed by atoms with Crippen LogP contribution in [-0.2, 0) is 6.42 Å². The Kier molecular flexibility index (Phi) is 4.95.